The van der Waals surface area contributed by atoms with Gasteiger partial charge in [-0.15, -0.1) is 0 Å². The van der Waals surface area contributed by atoms with Gasteiger partial charge in [-0.3, -0.25) is 0 Å². The lowest BCUT2D eigenvalue weighted by Gasteiger charge is -2.25. The smallest absolute Gasteiger partial charge is 0.338 e. The van der Waals surface area contributed by atoms with Crippen LogP contribution in [0, 0.1) is 0 Å². The highest BCUT2D eigenvalue weighted by Crippen LogP contribution is 2.39. The minimum absolute atomic E-state index is 0.225. The van der Waals surface area contributed by atoms with E-state index in [1.165, 1.54) is 12.1 Å². The third kappa shape index (κ3) is 5.94. The van der Waals surface area contributed by atoms with E-state index in [1.54, 1.807) is 78.9 Å². The summed E-state index contributed by atoms with van der Waals surface area (Å²) in [6, 6.07) is 24.6. The SMILES string of the molecule is O=C(OC[C@H]1O[C@@](O)(Br)[C@@H](OC(=O)c2ccccc2)[C@@H]1OC(=O)c1ccccc1)c1ccccc1. The van der Waals surface area contributed by atoms with Crippen molar-refractivity contribution in [3.63, 3.8) is 0 Å². The lowest BCUT2D eigenvalue weighted by molar-refractivity contribution is -0.158. The van der Waals surface area contributed by atoms with Gasteiger partial charge in [-0.05, 0) is 52.3 Å². The standard InChI is InChI=1S/C26H21BrO8/c27-26(31)22(34-25(30)19-14-8-3-9-15-19)21(33-24(29)18-12-6-2-7-13-18)20(35-26)16-32-23(28)17-10-4-1-5-11-17/h1-15,20-22,31H,16H2/t20-,21-,22+,26-/m1/s1. The van der Waals surface area contributed by atoms with Crippen molar-refractivity contribution >= 4 is 33.8 Å². The van der Waals surface area contributed by atoms with E-state index >= 15 is 0 Å². The molecule has 180 valence electrons. The number of rotatable bonds is 7. The summed E-state index contributed by atoms with van der Waals surface area (Å²) in [6.07, 6.45) is -3.92. The molecule has 4 atom stereocenters. The lowest BCUT2D eigenvalue weighted by Crippen LogP contribution is -2.44. The molecule has 0 bridgehead atoms. The normalized spacial score (nSPS) is 23.3. The van der Waals surface area contributed by atoms with Crippen LogP contribution in [0.15, 0.2) is 91.0 Å². The summed E-state index contributed by atoms with van der Waals surface area (Å²) in [7, 11) is 0. The summed E-state index contributed by atoms with van der Waals surface area (Å²) in [5.41, 5.74) is 0.776. The molecule has 0 aliphatic carbocycles. The van der Waals surface area contributed by atoms with Gasteiger partial charge in [0.2, 0.25) is 6.10 Å². The van der Waals surface area contributed by atoms with Gasteiger partial charge < -0.3 is 24.1 Å². The van der Waals surface area contributed by atoms with Gasteiger partial charge in [0.15, 0.2) is 6.10 Å². The summed E-state index contributed by atoms with van der Waals surface area (Å²) >= 11 is 3.01. The average molecular weight is 541 g/mol. The zero-order valence-corrected chi connectivity index (χ0v) is 19.9. The molecule has 0 amide bonds. The van der Waals surface area contributed by atoms with Crippen LogP contribution in [0.1, 0.15) is 31.1 Å². The second kappa shape index (κ2) is 10.8. The van der Waals surface area contributed by atoms with Crippen molar-refractivity contribution in [2.75, 3.05) is 6.61 Å². The second-order valence-electron chi connectivity index (χ2n) is 7.66. The van der Waals surface area contributed by atoms with Crippen molar-refractivity contribution < 1.29 is 38.4 Å². The zero-order chi connectivity index (χ0) is 24.8. The van der Waals surface area contributed by atoms with Crippen LogP contribution < -0.4 is 0 Å². The molecule has 4 rings (SSSR count). The summed E-state index contributed by atoms with van der Waals surface area (Å²) < 4.78 is 19.8. The van der Waals surface area contributed by atoms with Crippen molar-refractivity contribution in [1.82, 2.24) is 0 Å². The van der Waals surface area contributed by atoms with E-state index in [-0.39, 0.29) is 17.7 Å². The maximum absolute atomic E-state index is 12.8. The van der Waals surface area contributed by atoms with Crippen LogP contribution in [-0.4, -0.2) is 52.6 Å². The fourth-order valence-electron chi connectivity index (χ4n) is 3.49. The minimum Gasteiger partial charge on any atom is -0.459 e. The number of benzene rings is 3. The molecular formula is C26H21BrO8. The number of aliphatic hydroxyl groups is 1. The molecule has 9 heteroatoms. The molecule has 35 heavy (non-hydrogen) atoms. The van der Waals surface area contributed by atoms with Crippen LogP contribution in [0.2, 0.25) is 0 Å². The molecule has 1 saturated heterocycles. The van der Waals surface area contributed by atoms with Gasteiger partial charge in [0.1, 0.15) is 12.7 Å². The molecule has 3 aromatic carbocycles. The Balaban J connectivity index is 1.55. The average Bonchev–Trinajstić information content (AvgIpc) is 3.12. The zero-order valence-electron chi connectivity index (χ0n) is 18.3. The third-order valence-corrected chi connectivity index (χ3v) is 5.85. The topological polar surface area (TPSA) is 108 Å². The highest BCUT2D eigenvalue weighted by atomic mass is 79.9. The predicted octanol–water partition coefficient (Wildman–Crippen LogP) is 3.73. The Morgan fingerprint density at radius 1 is 0.743 bits per heavy atom. The quantitative estimate of drug-likeness (QED) is 0.274. The predicted molar refractivity (Wildman–Crippen MR) is 127 cm³/mol. The number of hydrogen-bond acceptors (Lipinski definition) is 8. The molecule has 1 heterocycles. The largest absolute Gasteiger partial charge is 0.459 e. The van der Waals surface area contributed by atoms with Crippen LogP contribution in [0.4, 0.5) is 0 Å². The Morgan fingerprint density at radius 3 is 1.66 bits per heavy atom. The number of hydrogen-bond donors (Lipinski definition) is 1. The first-order chi connectivity index (χ1) is 16.8. The van der Waals surface area contributed by atoms with E-state index in [2.05, 4.69) is 15.9 Å². The number of carbonyl (C=O) groups excluding carboxylic acids is 3. The molecular weight excluding hydrogens is 520 g/mol. The Morgan fingerprint density at radius 2 is 1.17 bits per heavy atom. The van der Waals surface area contributed by atoms with Crippen molar-refractivity contribution in [1.29, 1.82) is 0 Å². The lowest BCUT2D eigenvalue weighted by atomic mass is 10.1. The third-order valence-electron chi connectivity index (χ3n) is 5.22. The first-order valence-corrected chi connectivity index (χ1v) is 11.5. The van der Waals surface area contributed by atoms with Crippen LogP contribution in [0.25, 0.3) is 0 Å². The molecule has 3 aromatic rings. The summed E-state index contributed by atoms with van der Waals surface area (Å²) in [6.45, 7) is -0.381. The van der Waals surface area contributed by atoms with Gasteiger partial charge in [0, 0.05) is 0 Å². The first kappa shape index (κ1) is 24.6. The van der Waals surface area contributed by atoms with Crippen LogP contribution in [-0.2, 0) is 18.9 Å². The van der Waals surface area contributed by atoms with Gasteiger partial charge >= 0.3 is 17.9 Å². The monoisotopic (exact) mass is 540 g/mol. The number of esters is 3. The Labute approximate surface area is 209 Å². The summed E-state index contributed by atoms with van der Waals surface area (Å²) in [5, 5.41) is 10.8. The Bertz CT molecular complexity index is 1170. The fraction of sp³-hybridized carbons (Fsp3) is 0.192. The highest BCUT2D eigenvalue weighted by molar-refractivity contribution is 9.10. The van der Waals surface area contributed by atoms with Crippen LogP contribution in [0.5, 0.6) is 0 Å². The van der Waals surface area contributed by atoms with E-state index in [4.69, 9.17) is 18.9 Å². The Hall–Kier alpha value is -3.53. The maximum Gasteiger partial charge on any atom is 0.338 e. The van der Waals surface area contributed by atoms with Crippen LogP contribution >= 0.6 is 15.9 Å². The Kier molecular flexibility index (Phi) is 7.60. The van der Waals surface area contributed by atoms with Gasteiger partial charge in [-0.25, -0.2) is 14.4 Å². The molecule has 0 unspecified atom stereocenters. The number of carbonyl (C=O) groups is 3. The van der Waals surface area contributed by atoms with Crippen molar-refractivity contribution in [2.45, 2.75) is 23.0 Å². The molecule has 1 aliphatic rings. The van der Waals surface area contributed by atoms with E-state index < -0.39 is 40.9 Å². The van der Waals surface area contributed by atoms with Crippen molar-refractivity contribution in [3.8, 4) is 0 Å². The van der Waals surface area contributed by atoms with E-state index in [1.807, 2.05) is 0 Å². The fourth-order valence-corrected chi connectivity index (χ4v) is 4.08. The minimum atomic E-state index is -2.21. The van der Waals surface area contributed by atoms with E-state index in [0.29, 0.717) is 5.56 Å². The van der Waals surface area contributed by atoms with Crippen molar-refractivity contribution in [3.05, 3.63) is 108 Å². The summed E-state index contributed by atoms with van der Waals surface area (Å²) in [4.78, 5) is 37.9. The van der Waals surface area contributed by atoms with E-state index in [9.17, 15) is 19.5 Å². The number of halogens is 1. The molecule has 0 radical (unpaired) electrons. The molecule has 1 N–H and O–H groups in total. The molecule has 0 saturated carbocycles. The van der Waals surface area contributed by atoms with Gasteiger partial charge in [-0.2, -0.15) is 0 Å². The van der Waals surface area contributed by atoms with E-state index in [0.717, 1.165) is 0 Å². The van der Waals surface area contributed by atoms with Gasteiger partial charge in [0.25, 0.3) is 4.70 Å². The molecule has 1 aliphatic heterocycles. The van der Waals surface area contributed by atoms with Gasteiger partial charge in [-0.1, -0.05) is 54.6 Å². The van der Waals surface area contributed by atoms with Gasteiger partial charge in [0.05, 0.1) is 16.7 Å². The maximum atomic E-state index is 12.8. The summed E-state index contributed by atoms with van der Waals surface area (Å²) in [5.74, 6) is -2.13. The van der Waals surface area contributed by atoms with Crippen molar-refractivity contribution in [2.24, 2.45) is 0 Å². The highest BCUT2D eigenvalue weighted by Gasteiger charge is 2.58. The molecule has 0 spiro atoms. The number of ether oxygens (including phenoxy) is 4. The second-order valence-corrected chi connectivity index (χ2v) is 8.79. The molecule has 8 nitrogen and oxygen atoms in total. The first-order valence-electron chi connectivity index (χ1n) is 10.7. The molecule has 0 aromatic heterocycles. The van der Waals surface area contributed by atoms with Crippen LogP contribution in [0.3, 0.4) is 0 Å². The number of alkyl halides is 1. The molecule has 1 fully saturated rings.